The molecule has 1 heteroatoms. The van der Waals surface area contributed by atoms with Gasteiger partial charge in [-0.2, -0.15) is 0 Å². The lowest BCUT2D eigenvalue weighted by molar-refractivity contribution is 0.0955. The Bertz CT molecular complexity index is 137. The Morgan fingerprint density at radius 2 is 1.00 bits per heavy atom. The number of halogens is 1. The lowest BCUT2D eigenvalue weighted by Gasteiger charge is -2.32. The van der Waals surface area contributed by atoms with Crippen LogP contribution in [0.5, 0.6) is 0 Å². The molecule has 0 aromatic heterocycles. The maximum absolute atomic E-state index is 14.2. The first-order valence-electron chi connectivity index (χ1n) is 6.52. The molecule has 0 atom stereocenters. The van der Waals surface area contributed by atoms with Gasteiger partial charge in [0.15, 0.2) is 0 Å². The molecule has 0 nitrogen and oxygen atoms in total. The van der Waals surface area contributed by atoms with E-state index in [1.807, 2.05) is 0 Å². The summed E-state index contributed by atoms with van der Waals surface area (Å²) in [7, 11) is 0. The number of rotatable bonds is 2. The maximum atomic E-state index is 14.2. The predicted octanol–water partition coefficient (Wildman–Crippen LogP) is 4.49. The SMILES string of the molecule is FC(C1CCCCC1)C1CCCCC1. The molecule has 0 radical (unpaired) electrons. The number of alkyl halides is 1. The molecule has 14 heavy (non-hydrogen) atoms. The van der Waals surface area contributed by atoms with E-state index < -0.39 is 6.17 Å². The number of hydrogen-bond acceptors (Lipinski definition) is 0. The van der Waals surface area contributed by atoms with E-state index in [1.165, 1.54) is 38.5 Å². The van der Waals surface area contributed by atoms with Crippen molar-refractivity contribution >= 4 is 0 Å². The molecule has 0 heterocycles. The highest BCUT2D eigenvalue weighted by molar-refractivity contribution is 4.81. The van der Waals surface area contributed by atoms with Gasteiger partial charge in [0, 0.05) is 0 Å². The zero-order valence-corrected chi connectivity index (χ0v) is 9.18. The van der Waals surface area contributed by atoms with Crippen molar-refractivity contribution in [3.8, 4) is 0 Å². The van der Waals surface area contributed by atoms with Gasteiger partial charge in [-0.3, -0.25) is 0 Å². The minimum absolute atomic E-state index is 0.423. The molecule has 0 saturated heterocycles. The molecule has 0 aliphatic heterocycles. The van der Waals surface area contributed by atoms with E-state index >= 15 is 0 Å². The molecular weight excluding hydrogens is 175 g/mol. The van der Waals surface area contributed by atoms with Gasteiger partial charge in [0.25, 0.3) is 0 Å². The fourth-order valence-corrected chi connectivity index (χ4v) is 3.29. The van der Waals surface area contributed by atoms with Crippen LogP contribution in [0.15, 0.2) is 0 Å². The van der Waals surface area contributed by atoms with E-state index in [9.17, 15) is 4.39 Å². The molecule has 2 saturated carbocycles. The van der Waals surface area contributed by atoms with Gasteiger partial charge in [-0.05, 0) is 37.5 Å². The van der Waals surface area contributed by atoms with Gasteiger partial charge in [0.2, 0.25) is 0 Å². The maximum Gasteiger partial charge on any atom is 0.106 e. The van der Waals surface area contributed by atoms with Crippen LogP contribution in [0, 0.1) is 11.8 Å². The van der Waals surface area contributed by atoms with Crippen LogP contribution in [0.4, 0.5) is 4.39 Å². The molecule has 0 bridgehead atoms. The van der Waals surface area contributed by atoms with Gasteiger partial charge in [-0.15, -0.1) is 0 Å². The predicted molar refractivity (Wildman–Crippen MR) is 58.0 cm³/mol. The summed E-state index contributed by atoms with van der Waals surface area (Å²) in [6.45, 7) is 0. The molecule has 2 aliphatic rings. The van der Waals surface area contributed by atoms with E-state index in [0.29, 0.717) is 11.8 Å². The van der Waals surface area contributed by atoms with Crippen LogP contribution in [-0.2, 0) is 0 Å². The van der Waals surface area contributed by atoms with E-state index in [2.05, 4.69) is 0 Å². The van der Waals surface area contributed by atoms with Gasteiger partial charge in [-0.1, -0.05) is 38.5 Å². The second-order valence-electron chi connectivity index (χ2n) is 5.24. The van der Waals surface area contributed by atoms with Crippen LogP contribution in [0.2, 0.25) is 0 Å². The van der Waals surface area contributed by atoms with Crippen LogP contribution >= 0.6 is 0 Å². The Hall–Kier alpha value is -0.0700. The van der Waals surface area contributed by atoms with Crippen LogP contribution in [0.1, 0.15) is 64.2 Å². The Balaban J connectivity index is 1.82. The summed E-state index contributed by atoms with van der Waals surface area (Å²) in [5.74, 6) is 0.846. The zero-order valence-electron chi connectivity index (χ0n) is 9.18. The first kappa shape index (κ1) is 10.4. The smallest absolute Gasteiger partial charge is 0.106 e. The van der Waals surface area contributed by atoms with Gasteiger partial charge >= 0.3 is 0 Å². The van der Waals surface area contributed by atoms with Crippen LogP contribution < -0.4 is 0 Å². The summed E-state index contributed by atoms with van der Waals surface area (Å²) < 4.78 is 14.2. The van der Waals surface area contributed by atoms with Crippen molar-refractivity contribution in [1.82, 2.24) is 0 Å². The third kappa shape index (κ3) is 2.49. The van der Waals surface area contributed by atoms with Gasteiger partial charge in [-0.25, -0.2) is 4.39 Å². The van der Waals surface area contributed by atoms with Crippen molar-refractivity contribution in [2.45, 2.75) is 70.4 Å². The molecule has 0 amide bonds. The Labute approximate surface area is 87.3 Å². The highest BCUT2D eigenvalue weighted by atomic mass is 19.1. The van der Waals surface area contributed by atoms with Crippen LogP contribution in [-0.4, -0.2) is 6.17 Å². The third-order valence-corrected chi connectivity index (χ3v) is 4.20. The topological polar surface area (TPSA) is 0 Å². The standard InChI is InChI=1S/C13H23F/c14-13(11-7-3-1-4-8-11)12-9-5-2-6-10-12/h11-13H,1-10H2. The average Bonchev–Trinajstić information content (AvgIpc) is 2.30. The van der Waals surface area contributed by atoms with Crippen molar-refractivity contribution in [3.63, 3.8) is 0 Å². The summed E-state index contributed by atoms with van der Waals surface area (Å²) in [4.78, 5) is 0. The Morgan fingerprint density at radius 3 is 1.36 bits per heavy atom. The fourth-order valence-electron chi connectivity index (χ4n) is 3.29. The first-order valence-corrected chi connectivity index (χ1v) is 6.52. The van der Waals surface area contributed by atoms with Gasteiger partial charge in [0.05, 0.1) is 0 Å². The highest BCUT2D eigenvalue weighted by Crippen LogP contribution is 2.37. The van der Waals surface area contributed by atoms with Crippen LogP contribution in [0.25, 0.3) is 0 Å². The minimum Gasteiger partial charge on any atom is -0.247 e. The lowest BCUT2D eigenvalue weighted by atomic mass is 9.76. The zero-order chi connectivity index (χ0) is 9.80. The molecule has 0 unspecified atom stereocenters. The molecule has 2 rings (SSSR count). The summed E-state index contributed by atoms with van der Waals surface area (Å²) in [5, 5.41) is 0. The van der Waals surface area contributed by atoms with Crippen molar-refractivity contribution in [2.24, 2.45) is 11.8 Å². The fraction of sp³-hybridized carbons (Fsp3) is 1.00. The van der Waals surface area contributed by atoms with Crippen molar-refractivity contribution in [3.05, 3.63) is 0 Å². The van der Waals surface area contributed by atoms with Crippen molar-refractivity contribution in [1.29, 1.82) is 0 Å². The molecule has 82 valence electrons. The second-order valence-corrected chi connectivity index (χ2v) is 5.24. The quantitative estimate of drug-likeness (QED) is 0.613. The Morgan fingerprint density at radius 1 is 0.643 bits per heavy atom. The van der Waals surface area contributed by atoms with E-state index in [-0.39, 0.29) is 0 Å². The summed E-state index contributed by atoms with van der Waals surface area (Å²) in [6.07, 6.45) is 12.0. The van der Waals surface area contributed by atoms with E-state index in [0.717, 1.165) is 25.7 Å². The Kier molecular flexibility index (Phi) is 3.83. The largest absolute Gasteiger partial charge is 0.247 e. The minimum atomic E-state index is -0.462. The average molecular weight is 198 g/mol. The molecule has 0 spiro atoms. The molecule has 0 aromatic rings. The molecule has 2 fully saturated rings. The lowest BCUT2D eigenvalue weighted by Crippen LogP contribution is -2.28. The first-order chi connectivity index (χ1) is 6.88. The van der Waals surface area contributed by atoms with E-state index in [4.69, 9.17) is 0 Å². The summed E-state index contributed by atoms with van der Waals surface area (Å²) >= 11 is 0. The number of hydrogen-bond donors (Lipinski definition) is 0. The van der Waals surface area contributed by atoms with Gasteiger partial charge in [0.1, 0.15) is 6.17 Å². The van der Waals surface area contributed by atoms with Crippen molar-refractivity contribution < 1.29 is 4.39 Å². The molecule has 0 N–H and O–H groups in total. The van der Waals surface area contributed by atoms with Crippen LogP contribution in [0.3, 0.4) is 0 Å². The molecular formula is C13H23F. The van der Waals surface area contributed by atoms with Crippen molar-refractivity contribution in [2.75, 3.05) is 0 Å². The molecule has 2 aliphatic carbocycles. The summed E-state index contributed by atoms with van der Waals surface area (Å²) in [6, 6.07) is 0. The monoisotopic (exact) mass is 198 g/mol. The van der Waals surface area contributed by atoms with Gasteiger partial charge < -0.3 is 0 Å². The normalized spacial score (nSPS) is 27.0. The third-order valence-electron chi connectivity index (χ3n) is 4.20. The summed E-state index contributed by atoms with van der Waals surface area (Å²) in [5.41, 5.74) is 0. The van der Waals surface area contributed by atoms with E-state index in [1.54, 1.807) is 0 Å². The highest BCUT2D eigenvalue weighted by Gasteiger charge is 2.30. The second kappa shape index (κ2) is 5.14. The molecule has 0 aromatic carbocycles.